The highest BCUT2D eigenvalue weighted by Gasteiger charge is 2.30. The molecule has 3 rings (SSSR count). The molecule has 0 saturated heterocycles. The third-order valence-corrected chi connectivity index (χ3v) is 4.90. The molecule has 0 N–H and O–H groups in total. The molecule has 0 unspecified atom stereocenters. The highest BCUT2D eigenvalue weighted by atomic mass is 32.2. The second-order valence-corrected chi connectivity index (χ2v) is 7.37. The Morgan fingerprint density at radius 2 is 2.08 bits per heavy atom. The standard InChI is InChI=1S/C19H24N4OS/c1-4-22(12-14(2)3)17(24)13-25-19-20-18(15-10-11-15)23(21-19)16-8-6-5-7-9-16/h5-9,15H,2,4,10-13H2,1,3H3. The molecule has 1 heterocycles. The van der Waals surface area contributed by atoms with Crippen molar-refractivity contribution in [3.63, 3.8) is 0 Å². The molecule has 1 aliphatic rings. The SMILES string of the molecule is C=C(C)CN(CC)C(=O)CSc1nc(C2CC2)n(-c2ccccc2)n1. The Morgan fingerprint density at radius 1 is 1.36 bits per heavy atom. The molecule has 0 aliphatic heterocycles. The summed E-state index contributed by atoms with van der Waals surface area (Å²) in [7, 11) is 0. The molecule has 0 atom stereocenters. The Labute approximate surface area is 153 Å². The van der Waals surface area contributed by atoms with Crippen LogP contribution in [0, 0.1) is 0 Å². The number of thioether (sulfide) groups is 1. The van der Waals surface area contributed by atoms with E-state index in [1.807, 2.05) is 53.8 Å². The minimum Gasteiger partial charge on any atom is -0.338 e. The molecule has 0 spiro atoms. The van der Waals surface area contributed by atoms with Gasteiger partial charge in [-0.25, -0.2) is 9.67 Å². The van der Waals surface area contributed by atoms with E-state index in [2.05, 4.69) is 11.7 Å². The summed E-state index contributed by atoms with van der Waals surface area (Å²) in [4.78, 5) is 18.9. The van der Waals surface area contributed by atoms with Crippen molar-refractivity contribution in [1.82, 2.24) is 19.7 Å². The first-order valence-corrected chi connectivity index (χ1v) is 9.64. The molecule has 132 valence electrons. The molecule has 1 aliphatic carbocycles. The Kier molecular flexibility index (Phi) is 5.58. The van der Waals surface area contributed by atoms with Gasteiger partial charge in [-0.1, -0.05) is 42.1 Å². The van der Waals surface area contributed by atoms with Gasteiger partial charge in [0.1, 0.15) is 5.82 Å². The van der Waals surface area contributed by atoms with E-state index in [4.69, 9.17) is 4.98 Å². The van der Waals surface area contributed by atoms with Gasteiger partial charge >= 0.3 is 0 Å². The minimum atomic E-state index is 0.0968. The third-order valence-electron chi connectivity index (χ3n) is 4.08. The van der Waals surface area contributed by atoms with E-state index in [1.54, 1.807) is 0 Å². The van der Waals surface area contributed by atoms with Crippen LogP contribution in [-0.4, -0.2) is 44.4 Å². The predicted molar refractivity (Wildman–Crippen MR) is 101 cm³/mol. The molecule has 6 heteroatoms. The zero-order valence-electron chi connectivity index (χ0n) is 14.8. The minimum absolute atomic E-state index is 0.0968. The number of nitrogens with zero attached hydrogens (tertiary/aromatic N) is 4. The van der Waals surface area contributed by atoms with Gasteiger partial charge in [0.2, 0.25) is 11.1 Å². The van der Waals surface area contributed by atoms with Gasteiger partial charge in [0.25, 0.3) is 0 Å². The molecule has 1 amide bonds. The maximum atomic E-state index is 12.4. The molecule has 25 heavy (non-hydrogen) atoms. The first-order chi connectivity index (χ1) is 12.1. The lowest BCUT2D eigenvalue weighted by molar-refractivity contribution is -0.127. The highest BCUT2D eigenvalue weighted by Crippen LogP contribution is 2.40. The van der Waals surface area contributed by atoms with Crippen LogP contribution in [0.5, 0.6) is 0 Å². The lowest BCUT2D eigenvalue weighted by Gasteiger charge is -2.20. The first kappa shape index (κ1) is 17.7. The zero-order valence-corrected chi connectivity index (χ0v) is 15.6. The van der Waals surface area contributed by atoms with Crippen molar-refractivity contribution in [2.24, 2.45) is 0 Å². The molecule has 0 bridgehead atoms. The quantitative estimate of drug-likeness (QED) is 0.535. The van der Waals surface area contributed by atoms with Crippen LogP contribution in [0.1, 0.15) is 38.4 Å². The zero-order chi connectivity index (χ0) is 17.8. The summed E-state index contributed by atoms with van der Waals surface area (Å²) in [6.07, 6.45) is 2.33. The summed E-state index contributed by atoms with van der Waals surface area (Å²) in [5.74, 6) is 1.95. The van der Waals surface area contributed by atoms with Crippen LogP contribution in [0.15, 0.2) is 47.6 Å². The molecule has 1 fully saturated rings. The predicted octanol–water partition coefficient (Wildman–Crippen LogP) is 3.66. The summed E-state index contributed by atoms with van der Waals surface area (Å²) in [6, 6.07) is 10.1. The van der Waals surface area contributed by atoms with E-state index in [1.165, 1.54) is 11.8 Å². The van der Waals surface area contributed by atoms with Gasteiger partial charge in [-0.3, -0.25) is 4.79 Å². The second-order valence-electron chi connectivity index (χ2n) is 6.43. The van der Waals surface area contributed by atoms with Crippen LogP contribution in [0.25, 0.3) is 5.69 Å². The number of carbonyl (C=O) groups excluding carboxylic acids is 1. The maximum absolute atomic E-state index is 12.4. The molecular weight excluding hydrogens is 332 g/mol. The molecule has 5 nitrogen and oxygen atoms in total. The maximum Gasteiger partial charge on any atom is 0.233 e. The largest absolute Gasteiger partial charge is 0.338 e. The van der Waals surface area contributed by atoms with Crippen LogP contribution in [0.2, 0.25) is 0 Å². The summed E-state index contributed by atoms with van der Waals surface area (Å²) in [5.41, 5.74) is 2.01. The summed E-state index contributed by atoms with van der Waals surface area (Å²) >= 11 is 1.41. The van der Waals surface area contributed by atoms with Crippen LogP contribution in [0.4, 0.5) is 0 Å². The second kappa shape index (κ2) is 7.87. The van der Waals surface area contributed by atoms with Gasteiger partial charge in [0.15, 0.2) is 0 Å². The van der Waals surface area contributed by atoms with Crippen molar-refractivity contribution in [1.29, 1.82) is 0 Å². The molecule has 0 radical (unpaired) electrons. The number of para-hydroxylation sites is 1. The fraction of sp³-hybridized carbons (Fsp3) is 0.421. The number of aromatic nitrogens is 3. The lowest BCUT2D eigenvalue weighted by Crippen LogP contribution is -2.33. The van der Waals surface area contributed by atoms with Crippen LogP contribution in [-0.2, 0) is 4.79 Å². The number of hydrogen-bond donors (Lipinski definition) is 0. The van der Waals surface area contributed by atoms with E-state index in [9.17, 15) is 4.79 Å². The number of rotatable bonds is 8. The molecular formula is C19H24N4OS. The summed E-state index contributed by atoms with van der Waals surface area (Å²) in [6.45, 7) is 9.11. The summed E-state index contributed by atoms with van der Waals surface area (Å²) in [5, 5.41) is 5.31. The average Bonchev–Trinajstić information content (AvgIpc) is 3.37. The average molecular weight is 356 g/mol. The van der Waals surface area contributed by atoms with Gasteiger partial charge < -0.3 is 4.90 Å². The van der Waals surface area contributed by atoms with Crippen molar-refractivity contribution in [3.8, 4) is 5.69 Å². The van der Waals surface area contributed by atoms with Crippen molar-refractivity contribution in [2.75, 3.05) is 18.8 Å². The Balaban J connectivity index is 1.71. The highest BCUT2D eigenvalue weighted by molar-refractivity contribution is 7.99. The Bertz CT molecular complexity index is 752. The Morgan fingerprint density at radius 3 is 2.68 bits per heavy atom. The van der Waals surface area contributed by atoms with Crippen molar-refractivity contribution in [3.05, 3.63) is 48.3 Å². The first-order valence-electron chi connectivity index (χ1n) is 8.65. The van der Waals surface area contributed by atoms with Crippen molar-refractivity contribution < 1.29 is 4.79 Å². The van der Waals surface area contributed by atoms with E-state index >= 15 is 0 Å². The van der Waals surface area contributed by atoms with Gasteiger partial charge in [-0.15, -0.1) is 5.10 Å². The summed E-state index contributed by atoms with van der Waals surface area (Å²) < 4.78 is 1.93. The van der Waals surface area contributed by atoms with E-state index < -0.39 is 0 Å². The molecule has 2 aromatic rings. The molecule has 1 aromatic heterocycles. The van der Waals surface area contributed by atoms with Gasteiger partial charge in [-0.05, 0) is 38.8 Å². The third kappa shape index (κ3) is 4.51. The van der Waals surface area contributed by atoms with Gasteiger partial charge in [-0.2, -0.15) is 0 Å². The van der Waals surface area contributed by atoms with Crippen LogP contribution < -0.4 is 0 Å². The van der Waals surface area contributed by atoms with Crippen LogP contribution >= 0.6 is 11.8 Å². The fourth-order valence-electron chi connectivity index (χ4n) is 2.65. The number of hydrogen-bond acceptors (Lipinski definition) is 4. The van der Waals surface area contributed by atoms with E-state index in [0.29, 0.717) is 29.9 Å². The number of amides is 1. The smallest absolute Gasteiger partial charge is 0.233 e. The lowest BCUT2D eigenvalue weighted by atomic mass is 10.3. The normalized spacial score (nSPS) is 13.7. The van der Waals surface area contributed by atoms with Gasteiger partial charge in [0, 0.05) is 19.0 Å². The number of likely N-dealkylation sites (N-methyl/N-ethyl adjacent to an activating group) is 1. The fourth-order valence-corrected chi connectivity index (χ4v) is 3.38. The number of carbonyl (C=O) groups is 1. The van der Waals surface area contributed by atoms with Crippen LogP contribution in [0.3, 0.4) is 0 Å². The van der Waals surface area contributed by atoms with E-state index in [0.717, 1.165) is 29.9 Å². The van der Waals surface area contributed by atoms with Crippen molar-refractivity contribution in [2.45, 2.75) is 37.8 Å². The van der Waals surface area contributed by atoms with Gasteiger partial charge in [0.05, 0.1) is 11.4 Å². The number of benzene rings is 1. The molecule has 1 saturated carbocycles. The molecule has 1 aromatic carbocycles. The van der Waals surface area contributed by atoms with E-state index in [-0.39, 0.29) is 5.91 Å². The Hall–Kier alpha value is -2.08. The monoisotopic (exact) mass is 356 g/mol. The van der Waals surface area contributed by atoms with Crippen molar-refractivity contribution >= 4 is 17.7 Å². The topological polar surface area (TPSA) is 51.0 Å².